The number of methoxy groups -OCH3 is 3. The Morgan fingerprint density at radius 1 is 0.933 bits per heavy atom. The molecule has 2 aromatic carbocycles. The molecular weight excluding hydrogens is 412 g/mol. The molecule has 2 rings (SSSR count). The number of carbonyl (C=O) groups is 2. The van der Waals surface area contributed by atoms with Crippen molar-refractivity contribution in [1.29, 1.82) is 0 Å². The summed E-state index contributed by atoms with van der Waals surface area (Å²) in [5.41, 5.74) is 5.85. The number of hydrogen-bond donors (Lipinski definition) is 2. The SMILES string of the molecule is COc1ccc(C(=O)NNC(=O)CCCOc2ccc(Cl)cc2C)c(OC)c1OC. The summed E-state index contributed by atoms with van der Waals surface area (Å²) in [7, 11) is 4.34. The van der Waals surface area contributed by atoms with Gasteiger partial charge >= 0.3 is 0 Å². The van der Waals surface area contributed by atoms with Gasteiger partial charge in [-0.15, -0.1) is 0 Å². The molecule has 2 amide bonds. The number of benzene rings is 2. The lowest BCUT2D eigenvalue weighted by molar-refractivity contribution is -0.122. The van der Waals surface area contributed by atoms with Gasteiger partial charge in [-0.2, -0.15) is 0 Å². The van der Waals surface area contributed by atoms with Gasteiger partial charge < -0.3 is 18.9 Å². The molecule has 162 valence electrons. The fourth-order valence-electron chi connectivity index (χ4n) is 2.73. The minimum atomic E-state index is -0.547. The predicted octanol–water partition coefficient (Wildman–Crippen LogP) is 3.29. The molecule has 8 nitrogen and oxygen atoms in total. The standard InChI is InChI=1S/C21H25ClN2O6/c1-13-12-14(22)7-9-16(13)30-11-5-6-18(25)23-24-21(26)15-8-10-17(27-2)20(29-4)19(15)28-3/h7-10,12H,5-6,11H2,1-4H3,(H,23,25)(H,24,26). The first-order valence-electron chi connectivity index (χ1n) is 9.18. The average Bonchev–Trinajstić information content (AvgIpc) is 2.74. The summed E-state index contributed by atoms with van der Waals surface area (Å²) in [6.45, 7) is 2.25. The highest BCUT2D eigenvalue weighted by molar-refractivity contribution is 6.30. The fourth-order valence-corrected chi connectivity index (χ4v) is 2.95. The maximum absolute atomic E-state index is 12.4. The van der Waals surface area contributed by atoms with Crippen molar-refractivity contribution >= 4 is 23.4 Å². The van der Waals surface area contributed by atoms with E-state index in [1.807, 2.05) is 13.0 Å². The van der Waals surface area contributed by atoms with Gasteiger partial charge in [0.15, 0.2) is 11.5 Å². The van der Waals surface area contributed by atoms with Crippen LogP contribution >= 0.6 is 11.6 Å². The lowest BCUT2D eigenvalue weighted by Gasteiger charge is -2.15. The maximum atomic E-state index is 12.4. The van der Waals surface area contributed by atoms with Crippen LogP contribution in [-0.4, -0.2) is 39.8 Å². The van der Waals surface area contributed by atoms with Crippen molar-refractivity contribution in [3.63, 3.8) is 0 Å². The highest BCUT2D eigenvalue weighted by atomic mass is 35.5. The Labute approximate surface area is 180 Å². The molecule has 30 heavy (non-hydrogen) atoms. The Bertz CT molecular complexity index is 903. The van der Waals surface area contributed by atoms with E-state index < -0.39 is 5.91 Å². The molecule has 0 aliphatic carbocycles. The van der Waals surface area contributed by atoms with E-state index in [0.717, 1.165) is 5.56 Å². The van der Waals surface area contributed by atoms with Crippen LogP contribution in [-0.2, 0) is 4.79 Å². The van der Waals surface area contributed by atoms with Gasteiger partial charge in [0.1, 0.15) is 5.75 Å². The second kappa shape index (κ2) is 11.2. The van der Waals surface area contributed by atoms with E-state index in [9.17, 15) is 9.59 Å². The number of hydrazine groups is 1. The van der Waals surface area contributed by atoms with Gasteiger partial charge in [-0.25, -0.2) is 0 Å². The third kappa shape index (κ3) is 5.93. The van der Waals surface area contributed by atoms with E-state index in [-0.39, 0.29) is 29.4 Å². The quantitative estimate of drug-likeness (QED) is 0.462. The van der Waals surface area contributed by atoms with Gasteiger partial charge in [0.05, 0.1) is 33.5 Å². The Hall–Kier alpha value is -3.13. The van der Waals surface area contributed by atoms with Crippen molar-refractivity contribution in [3.05, 3.63) is 46.5 Å². The van der Waals surface area contributed by atoms with Crippen LogP contribution in [0, 0.1) is 6.92 Å². The second-order valence-electron chi connectivity index (χ2n) is 6.25. The average molecular weight is 437 g/mol. The Balaban J connectivity index is 1.84. The van der Waals surface area contributed by atoms with Crippen LogP contribution in [0.4, 0.5) is 0 Å². The monoisotopic (exact) mass is 436 g/mol. The molecule has 0 saturated carbocycles. The van der Waals surface area contributed by atoms with Gasteiger partial charge in [-0.05, 0) is 49.2 Å². The highest BCUT2D eigenvalue weighted by Crippen LogP contribution is 2.39. The molecule has 0 bridgehead atoms. The Morgan fingerprint density at radius 3 is 2.27 bits per heavy atom. The predicted molar refractivity (Wildman–Crippen MR) is 113 cm³/mol. The van der Waals surface area contributed by atoms with Gasteiger partial charge in [0.25, 0.3) is 5.91 Å². The first-order chi connectivity index (χ1) is 14.4. The summed E-state index contributed by atoms with van der Waals surface area (Å²) in [4.78, 5) is 24.4. The van der Waals surface area contributed by atoms with E-state index in [0.29, 0.717) is 29.5 Å². The number of aryl methyl sites for hydroxylation is 1. The van der Waals surface area contributed by atoms with Crippen LogP contribution in [0.15, 0.2) is 30.3 Å². The zero-order valence-corrected chi connectivity index (χ0v) is 18.1. The third-order valence-corrected chi connectivity index (χ3v) is 4.44. The molecule has 0 unspecified atom stereocenters. The van der Waals surface area contributed by atoms with E-state index in [4.69, 9.17) is 30.5 Å². The number of halogens is 1. The zero-order chi connectivity index (χ0) is 22.1. The molecule has 0 aliphatic rings. The second-order valence-corrected chi connectivity index (χ2v) is 6.68. The molecule has 0 spiro atoms. The molecule has 0 radical (unpaired) electrons. The van der Waals surface area contributed by atoms with Gasteiger partial charge in [-0.3, -0.25) is 20.4 Å². The number of nitrogens with one attached hydrogen (secondary N) is 2. The third-order valence-electron chi connectivity index (χ3n) is 4.21. The Morgan fingerprint density at radius 2 is 1.63 bits per heavy atom. The van der Waals surface area contributed by atoms with Gasteiger partial charge in [-0.1, -0.05) is 11.6 Å². The molecule has 0 aromatic heterocycles. The van der Waals surface area contributed by atoms with Crippen molar-refractivity contribution in [3.8, 4) is 23.0 Å². The molecule has 0 fully saturated rings. The summed E-state index contributed by atoms with van der Waals surface area (Å²) < 4.78 is 21.4. The molecule has 0 heterocycles. The van der Waals surface area contributed by atoms with Crippen LogP contribution in [0.3, 0.4) is 0 Å². The van der Waals surface area contributed by atoms with E-state index in [1.54, 1.807) is 18.2 Å². The van der Waals surface area contributed by atoms with Crippen molar-refractivity contribution in [2.75, 3.05) is 27.9 Å². The first kappa shape index (κ1) is 23.2. The molecule has 9 heteroatoms. The van der Waals surface area contributed by atoms with E-state index >= 15 is 0 Å². The number of hydrogen-bond acceptors (Lipinski definition) is 6. The number of ether oxygens (including phenoxy) is 4. The molecule has 0 aliphatic heterocycles. The minimum Gasteiger partial charge on any atom is -0.493 e. The van der Waals surface area contributed by atoms with Crippen molar-refractivity contribution in [1.82, 2.24) is 10.9 Å². The summed E-state index contributed by atoms with van der Waals surface area (Å²) in [6.07, 6.45) is 0.652. The summed E-state index contributed by atoms with van der Waals surface area (Å²) in [6, 6.07) is 8.43. The first-order valence-corrected chi connectivity index (χ1v) is 9.56. The fraction of sp³-hybridized carbons (Fsp3) is 0.333. The lowest BCUT2D eigenvalue weighted by atomic mass is 10.1. The largest absolute Gasteiger partial charge is 0.493 e. The zero-order valence-electron chi connectivity index (χ0n) is 17.3. The Kier molecular flexibility index (Phi) is 8.61. The van der Waals surface area contributed by atoms with Crippen LogP contribution < -0.4 is 29.8 Å². The topological polar surface area (TPSA) is 95.1 Å². The lowest BCUT2D eigenvalue weighted by Crippen LogP contribution is -2.41. The summed E-state index contributed by atoms with van der Waals surface area (Å²) in [5, 5.41) is 0.640. The van der Waals surface area contributed by atoms with Crippen LogP contribution in [0.5, 0.6) is 23.0 Å². The number of rotatable bonds is 9. The number of carbonyl (C=O) groups excluding carboxylic acids is 2. The van der Waals surface area contributed by atoms with Gasteiger partial charge in [0, 0.05) is 11.4 Å². The molecular formula is C21H25ClN2O6. The molecule has 2 N–H and O–H groups in total. The normalized spacial score (nSPS) is 10.2. The van der Waals surface area contributed by atoms with Crippen LogP contribution in [0.25, 0.3) is 0 Å². The maximum Gasteiger partial charge on any atom is 0.273 e. The van der Waals surface area contributed by atoms with Crippen LogP contribution in [0.1, 0.15) is 28.8 Å². The molecule has 2 aromatic rings. The van der Waals surface area contributed by atoms with E-state index in [2.05, 4.69) is 10.9 Å². The summed E-state index contributed by atoms with van der Waals surface area (Å²) >= 11 is 5.91. The molecule has 0 saturated heterocycles. The van der Waals surface area contributed by atoms with Crippen molar-refractivity contribution < 1.29 is 28.5 Å². The van der Waals surface area contributed by atoms with Crippen molar-refractivity contribution in [2.45, 2.75) is 19.8 Å². The minimum absolute atomic E-state index is 0.177. The van der Waals surface area contributed by atoms with Crippen molar-refractivity contribution in [2.24, 2.45) is 0 Å². The smallest absolute Gasteiger partial charge is 0.273 e. The van der Waals surface area contributed by atoms with E-state index in [1.165, 1.54) is 27.4 Å². The molecule has 0 atom stereocenters. The number of amides is 2. The summed E-state index contributed by atoms with van der Waals surface area (Å²) in [5.74, 6) is 0.733. The highest BCUT2D eigenvalue weighted by Gasteiger charge is 2.20. The van der Waals surface area contributed by atoms with Crippen LogP contribution in [0.2, 0.25) is 5.02 Å². The van der Waals surface area contributed by atoms with Gasteiger partial charge in [0.2, 0.25) is 11.7 Å².